The van der Waals surface area contributed by atoms with E-state index in [-0.39, 0.29) is 0 Å². The van der Waals surface area contributed by atoms with E-state index in [0.29, 0.717) is 0 Å². The van der Waals surface area contributed by atoms with E-state index in [9.17, 15) is 0 Å². The molecule has 0 saturated heterocycles. The zero-order valence-electron chi connectivity index (χ0n) is 9.67. The van der Waals surface area contributed by atoms with Crippen molar-refractivity contribution in [3.05, 3.63) is 54.7 Å². The third-order valence-electron chi connectivity index (χ3n) is 2.76. The first-order chi connectivity index (χ1) is 8.84. The quantitative estimate of drug-likeness (QED) is 0.573. The Morgan fingerprint density at radius 3 is 2.94 bits per heavy atom. The summed E-state index contributed by atoms with van der Waals surface area (Å²) in [6, 6.07) is 9.80. The Kier molecular flexibility index (Phi) is 2.94. The molecule has 0 unspecified atom stereocenters. The second kappa shape index (κ2) is 4.74. The summed E-state index contributed by atoms with van der Waals surface area (Å²) in [6.07, 6.45) is 5.31. The number of aromatic nitrogens is 1. The van der Waals surface area contributed by atoms with Gasteiger partial charge in [0.05, 0.1) is 12.0 Å². The van der Waals surface area contributed by atoms with Crippen LogP contribution in [-0.4, -0.2) is 4.98 Å². The van der Waals surface area contributed by atoms with Crippen molar-refractivity contribution in [2.75, 3.05) is 5.73 Å². The largest absolute Gasteiger partial charge is 0.468 e. The fourth-order valence-corrected chi connectivity index (χ4v) is 2.80. The first-order valence-electron chi connectivity index (χ1n) is 5.62. The number of hydrogen-bond acceptors (Lipinski definition) is 4. The number of pyridine rings is 1. The average molecular weight is 256 g/mol. The number of fused-ring (bicyclic) bond motifs is 1. The molecular formula is C14H12N2OS. The lowest BCUT2D eigenvalue weighted by molar-refractivity contribution is 0.530. The number of thioether (sulfide) groups is 1. The maximum absolute atomic E-state index is 5.96. The third-order valence-corrected chi connectivity index (χ3v) is 3.86. The number of furan rings is 1. The van der Waals surface area contributed by atoms with Crippen molar-refractivity contribution < 1.29 is 4.42 Å². The van der Waals surface area contributed by atoms with E-state index in [1.54, 1.807) is 24.2 Å². The van der Waals surface area contributed by atoms with Crippen LogP contribution in [0.1, 0.15) is 5.76 Å². The minimum Gasteiger partial charge on any atom is -0.468 e. The van der Waals surface area contributed by atoms with E-state index in [2.05, 4.69) is 4.98 Å². The van der Waals surface area contributed by atoms with Gasteiger partial charge in [-0.2, -0.15) is 0 Å². The molecular weight excluding hydrogens is 244 g/mol. The Balaban J connectivity index is 1.94. The smallest absolute Gasteiger partial charge is 0.113 e. The highest BCUT2D eigenvalue weighted by atomic mass is 32.2. The normalized spacial score (nSPS) is 10.9. The summed E-state index contributed by atoms with van der Waals surface area (Å²) < 4.78 is 5.33. The van der Waals surface area contributed by atoms with Gasteiger partial charge in [-0.05, 0) is 30.3 Å². The molecule has 2 aromatic heterocycles. The van der Waals surface area contributed by atoms with Crippen LogP contribution in [0.25, 0.3) is 10.8 Å². The Labute approximate surface area is 109 Å². The molecule has 0 spiro atoms. The van der Waals surface area contributed by atoms with Crippen molar-refractivity contribution >= 4 is 28.2 Å². The topological polar surface area (TPSA) is 52.0 Å². The molecule has 3 aromatic rings. The number of benzene rings is 1. The van der Waals surface area contributed by atoms with E-state index in [1.165, 1.54) is 4.90 Å². The van der Waals surface area contributed by atoms with Gasteiger partial charge in [0.1, 0.15) is 5.76 Å². The van der Waals surface area contributed by atoms with Gasteiger partial charge in [-0.3, -0.25) is 4.98 Å². The van der Waals surface area contributed by atoms with E-state index >= 15 is 0 Å². The summed E-state index contributed by atoms with van der Waals surface area (Å²) >= 11 is 1.73. The van der Waals surface area contributed by atoms with Gasteiger partial charge in [-0.15, -0.1) is 11.8 Å². The van der Waals surface area contributed by atoms with E-state index < -0.39 is 0 Å². The van der Waals surface area contributed by atoms with Crippen molar-refractivity contribution in [1.82, 2.24) is 4.98 Å². The highest BCUT2D eigenvalue weighted by Gasteiger charge is 2.05. The number of anilines is 1. The monoisotopic (exact) mass is 256 g/mol. The van der Waals surface area contributed by atoms with Crippen molar-refractivity contribution in [2.45, 2.75) is 10.6 Å². The molecule has 18 heavy (non-hydrogen) atoms. The molecule has 0 aliphatic rings. The predicted octanol–water partition coefficient (Wildman–Crippen LogP) is 3.70. The number of hydrogen-bond donors (Lipinski definition) is 1. The molecule has 2 heterocycles. The van der Waals surface area contributed by atoms with Crippen LogP contribution in [0, 0.1) is 0 Å². The lowest BCUT2D eigenvalue weighted by Crippen LogP contribution is -1.89. The molecule has 0 amide bonds. The van der Waals surface area contributed by atoms with Gasteiger partial charge in [0, 0.05) is 33.7 Å². The number of nitrogen functional groups attached to an aromatic ring is 1. The molecule has 3 nitrogen and oxygen atoms in total. The Hall–Kier alpha value is -1.94. The summed E-state index contributed by atoms with van der Waals surface area (Å²) in [5, 5.41) is 2.14. The second-order valence-electron chi connectivity index (χ2n) is 3.94. The molecule has 0 bridgehead atoms. The molecule has 0 atom stereocenters. The molecule has 4 heteroatoms. The predicted molar refractivity (Wildman–Crippen MR) is 74.4 cm³/mol. The second-order valence-corrected chi connectivity index (χ2v) is 4.96. The first-order valence-corrected chi connectivity index (χ1v) is 6.60. The van der Waals surface area contributed by atoms with Crippen molar-refractivity contribution in [2.24, 2.45) is 0 Å². The van der Waals surface area contributed by atoms with Crippen LogP contribution in [0.2, 0.25) is 0 Å². The van der Waals surface area contributed by atoms with Crippen molar-refractivity contribution in [3.8, 4) is 0 Å². The van der Waals surface area contributed by atoms with Crippen LogP contribution in [0.15, 0.2) is 58.3 Å². The third kappa shape index (κ3) is 2.07. The molecule has 90 valence electrons. The van der Waals surface area contributed by atoms with Gasteiger partial charge in [-0.25, -0.2) is 0 Å². The number of nitrogens with two attached hydrogens (primary N) is 1. The Morgan fingerprint density at radius 1 is 1.17 bits per heavy atom. The Morgan fingerprint density at radius 2 is 2.11 bits per heavy atom. The molecule has 0 fully saturated rings. The highest BCUT2D eigenvalue weighted by Crippen LogP contribution is 2.32. The highest BCUT2D eigenvalue weighted by molar-refractivity contribution is 7.98. The lowest BCUT2D eigenvalue weighted by Gasteiger charge is -2.07. The van der Waals surface area contributed by atoms with Crippen LogP contribution in [0.3, 0.4) is 0 Å². The summed E-state index contributed by atoms with van der Waals surface area (Å²) in [7, 11) is 0. The number of rotatable bonds is 3. The van der Waals surface area contributed by atoms with Gasteiger partial charge in [0.15, 0.2) is 0 Å². The van der Waals surface area contributed by atoms with Crippen LogP contribution in [-0.2, 0) is 5.75 Å². The summed E-state index contributed by atoms with van der Waals surface area (Å²) in [6.45, 7) is 0. The molecule has 0 aliphatic carbocycles. The summed E-state index contributed by atoms with van der Waals surface area (Å²) in [5.74, 6) is 1.77. The van der Waals surface area contributed by atoms with Gasteiger partial charge >= 0.3 is 0 Å². The maximum atomic E-state index is 5.96. The van der Waals surface area contributed by atoms with Gasteiger partial charge < -0.3 is 10.2 Å². The van der Waals surface area contributed by atoms with E-state index in [0.717, 1.165) is 28.0 Å². The zero-order chi connectivity index (χ0) is 12.4. The average Bonchev–Trinajstić information content (AvgIpc) is 2.92. The minimum atomic E-state index is 0.787. The van der Waals surface area contributed by atoms with Crippen molar-refractivity contribution in [3.63, 3.8) is 0 Å². The first kappa shape index (κ1) is 11.2. The molecule has 0 saturated carbocycles. The lowest BCUT2D eigenvalue weighted by atomic mass is 10.1. The summed E-state index contributed by atoms with van der Waals surface area (Å²) in [4.78, 5) is 5.34. The fraction of sp³-hybridized carbons (Fsp3) is 0.0714. The molecule has 1 aromatic carbocycles. The fourth-order valence-electron chi connectivity index (χ4n) is 1.86. The molecule has 0 radical (unpaired) electrons. The van der Waals surface area contributed by atoms with Crippen LogP contribution >= 0.6 is 11.8 Å². The van der Waals surface area contributed by atoms with Crippen molar-refractivity contribution in [1.29, 1.82) is 0 Å². The number of nitrogens with zero attached hydrogens (tertiary/aromatic N) is 1. The zero-order valence-corrected chi connectivity index (χ0v) is 10.5. The van der Waals surface area contributed by atoms with E-state index in [1.807, 2.05) is 36.5 Å². The van der Waals surface area contributed by atoms with Gasteiger partial charge in [-0.1, -0.05) is 0 Å². The maximum Gasteiger partial charge on any atom is 0.113 e. The molecule has 2 N–H and O–H groups in total. The van der Waals surface area contributed by atoms with Crippen LogP contribution in [0.4, 0.5) is 5.69 Å². The standard InChI is InChI=1S/C14H12N2OS/c15-13-3-4-14(12-8-16-6-5-11(12)13)18-9-10-2-1-7-17-10/h1-8H,9,15H2. The van der Waals surface area contributed by atoms with Gasteiger partial charge in [0.25, 0.3) is 0 Å². The molecule has 0 aliphatic heterocycles. The van der Waals surface area contributed by atoms with E-state index in [4.69, 9.17) is 10.2 Å². The summed E-state index contributed by atoms with van der Waals surface area (Å²) in [5.41, 5.74) is 6.75. The molecule has 3 rings (SSSR count). The van der Waals surface area contributed by atoms with Crippen LogP contribution < -0.4 is 5.73 Å². The minimum absolute atomic E-state index is 0.787. The van der Waals surface area contributed by atoms with Crippen LogP contribution in [0.5, 0.6) is 0 Å². The van der Waals surface area contributed by atoms with Gasteiger partial charge in [0.2, 0.25) is 0 Å². The Bertz CT molecular complexity index is 665. The SMILES string of the molecule is Nc1ccc(SCc2ccco2)c2cnccc12.